The largest absolute Gasteiger partial charge is 0.384 e. The lowest BCUT2D eigenvalue weighted by Crippen LogP contribution is -2.38. The zero-order valence-electron chi connectivity index (χ0n) is 12.6. The quantitative estimate of drug-likeness (QED) is 0.909. The summed E-state index contributed by atoms with van der Waals surface area (Å²) >= 11 is 0. The maximum absolute atomic E-state index is 3.54. The third-order valence-corrected chi connectivity index (χ3v) is 4.70. The highest BCUT2D eigenvalue weighted by atomic mass is 15.3. The highest BCUT2D eigenvalue weighted by Crippen LogP contribution is 2.21. The van der Waals surface area contributed by atoms with Gasteiger partial charge in [0, 0.05) is 31.4 Å². The number of anilines is 1. The fourth-order valence-corrected chi connectivity index (χ4v) is 3.52. The zero-order chi connectivity index (χ0) is 13.8. The highest BCUT2D eigenvalue weighted by molar-refractivity contribution is 5.44. The second-order valence-corrected chi connectivity index (χ2v) is 6.28. The molecule has 0 amide bonds. The van der Waals surface area contributed by atoms with Gasteiger partial charge >= 0.3 is 0 Å². The molecule has 20 heavy (non-hydrogen) atoms. The van der Waals surface area contributed by atoms with Crippen LogP contribution in [0, 0.1) is 6.92 Å². The van der Waals surface area contributed by atoms with E-state index in [9.17, 15) is 0 Å². The summed E-state index contributed by atoms with van der Waals surface area (Å²) in [5, 5.41) is 3.54. The molecule has 1 N–H and O–H groups in total. The minimum atomic E-state index is 0.830. The van der Waals surface area contributed by atoms with Crippen molar-refractivity contribution in [2.75, 3.05) is 44.6 Å². The van der Waals surface area contributed by atoms with Crippen LogP contribution in [0.15, 0.2) is 24.3 Å². The van der Waals surface area contributed by atoms with Crippen LogP contribution in [0.3, 0.4) is 0 Å². The third kappa shape index (κ3) is 3.53. The van der Waals surface area contributed by atoms with Gasteiger partial charge in [-0.3, -0.25) is 9.80 Å². The molecule has 2 aliphatic rings. The van der Waals surface area contributed by atoms with Gasteiger partial charge in [-0.2, -0.15) is 0 Å². The van der Waals surface area contributed by atoms with Crippen LogP contribution in [0.2, 0.25) is 0 Å². The smallest absolute Gasteiger partial charge is 0.0340 e. The Morgan fingerprint density at radius 2 is 1.90 bits per heavy atom. The number of nitrogens with zero attached hydrogens (tertiary/aromatic N) is 2. The van der Waals surface area contributed by atoms with Crippen LogP contribution in [-0.4, -0.2) is 55.1 Å². The molecule has 1 aromatic rings. The van der Waals surface area contributed by atoms with Crippen molar-refractivity contribution >= 4 is 5.69 Å². The van der Waals surface area contributed by atoms with Crippen molar-refractivity contribution in [1.82, 2.24) is 9.80 Å². The summed E-state index contributed by atoms with van der Waals surface area (Å²) in [5.41, 5.74) is 2.57. The first-order valence-electron chi connectivity index (χ1n) is 8.08. The Labute approximate surface area is 123 Å². The number of rotatable bonds is 4. The van der Waals surface area contributed by atoms with Gasteiger partial charge in [0.15, 0.2) is 0 Å². The normalized spacial score (nSPS) is 24.4. The first-order chi connectivity index (χ1) is 9.81. The van der Waals surface area contributed by atoms with Gasteiger partial charge in [0.25, 0.3) is 0 Å². The number of hydrogen-bond donors (Lipinski definition) is 1. The standard InChI is InChI=1S/C17H27N3/c1-15-5-7-16(8-6-15)18-9-13-19-10-3-12-20-11-2-4-17(20)14-19/h5-8,17-18H,2-4,9-14H2,1H3. The van der Waals surface area contributed by atoms with Crippen molar-refractivity contribution in [2.24, 2.45) is 0 Å². The minimum absolute atomic E-state index is 0.830. The predicted octanol–water partition coefficient (Wildman–Crippen LogP) is 2.58. The summed E-state index contributed by atoms with van der Waals surface area (Å²) in [6, 6.07) is 9.53. The molecule has 0 saturated carbocycles. The second kappa shape index (κ2) is 6.59. The van der Waals surface area contributed by atoms with Crippen LogP contribution < -0.4 is 5.32 Å². The average Bonchev–Trinajstić information content (AvgIpc) is 2.80. The molecule has 1 atom stereocenters. The van der Waals surface area contributed by atoms with E-state index in [1.807, 2.05) is 0 Å². The molecular formula is C17H27N3. The van der Waals surface area contributed by atoms with Crippen LogP contribution in [0.25, 0.3) is 0 Å². The molecular weight excluding hydrogens is 246 g/mol. The fraction of sp³-hybridized carbons (Fsp3) is 0.647. The number of fused-ring (bicyclic) bond motifs is 1. The summed E-state index contributed by atoms with van der Waals surface area (Å²) in [6.07, 6.45) is 4.14. The first kappa shape index (κ1) is 13.9. The third-order valence-electron chi connectivity index (χ3n) is 4.70. The van der Waals surface area contributed by atoms with Crippen LogP contribution in [-0.2, 0) is 0 Å². The van der Waals surface area contributed by atoms with E-state index in [0.29, 0.717) is 0 Å². The fourth-order valence-electron chi connectivity index (χ4n) is 3.52. The van der Waals surface area contributed by atoms with Crippen LogP contribution in [0.1, 0.15) is 24.8 Å². The first-order valence-corrected chi connectivity index (χ1v) is 8.08. The zero-order valence-corrected chi connectivity index (χ0v) is 12.6. The van der Waals surface area contributed by atoms with Crippen molar-refractivity contribution in [3.05, 3.63) is 29.8 Å². The Morgan fingerprint density at radius 3 is 2.75 bits per heavy atom. The molecule has 3 heteroatoms. The molecule has 0 spiro atoms. The van der Waals surface area contributed by atoms with Gasteiger partial charge in [0.1, 0.15) is 0 Å². The molecule has 1 unspecified atom stereocenters. The summed E-state index contributed by atoms with van der Waals surface area (Å²) in [4.78, 5) is 5.35. The van der Waals surface area contributed by atoms with Crippen molar-refractivity contribution in [2.45, 2.75) is 32.2 Å². The molecule has 0 aliphatic carbocycles. The van der Waals surface area contributed by atoms with E-state index in [-0.39, 0.29) is 0 Å². The molecule has 2 heterocycles. The van der Waals surface area contributed by atoms with E-state index in [2.05, 4.69) is 46.3 Å². The molecule has 2 aliphatic heterocycles. The second-order valence-electron chi connectivity index (χ2n) is 6.28. The lowest BCUT2D eigenvalue weighted by atomic mass is 10.2. The molecule has 1 aromatic carbocycles. The van der Waals surface area contributed by atoms with E-state index in [1.165, 1.54) is 56.7 Å². The predicted molar refractivity (Wildman–Crippen MR) is 85.3 cm³/mol. The summed E-state index contributed by atoms with van der Waals surface area (Å²) in [6.45, 7) is 9.53. The molecule has 2 saturated heterocycles. The summed E-state index contributed by atoms with van der Waals surface area (Å²) < 4.78 is 0. The van der Waals surface area contributed by atoms with E-state index < -0.39 is 0 Å². The molecule has 2 fully saturated rings. The summed E-state index contributed by atoms with van der Waals surface area (Å²) in [5.74, 6) is 0. The molecule has 110 valence electrons. The highest BCUT2D eigenvalue weighted by Gasteiger charge is 2.28. The van der Waals surface area contributed by atoms with Gasteiger partial charge in [-0.1, -0.05) is 17.7 Å². The van der Waals surface area contributed by atoms with Gasteiger partial charge in [-0.15, -0.1) is 0 Å². The monoisotopic (exact) mass is 273 g/mol. The number of nitrogens with one attached hydrogen (secondary N) is 1. The number of benzene rings is 1. The Hall–Kier alpha value is -1.06. The van der Waals surface area contributed by atoms with E-state index >= 15 is 0 Å². The van der Waals surface area contributed by atoms with E-state index in [1.54, 1.807) is 0 Å². The number of aryl methyl sites for hydroxylation is 1. The lowest BCUT2D eigenvalue weighted by Gasteiger charge is -2.25. The van der Waals surface area contributed by atoms with Crippen molar-refractivity contribution in [1.29, 1.82) is 0 Å². The topological polar surface area (TPSA) is 18.5 Å². The van der Waals surface area contributed by atoms with Gasteiger partial charge in [0.05, 0.1) is 0 Å². The molecule has 0 radical (unpaired) electrons. The van der Waals surface area contributed by atoms with Gasteiger partial charge in [0.2, 0.25) is 0 Å². The SMILES string of the molecule is Cc1ccc(NCCN2CCCN3CCCC3C2)cc1. The molecule has 0 bridgehead atoms. The molecule has 0 aromatic heterocycles. The van der Waals surface area contributed by atoms with Crippen molar-refractivity contribution in [3.63, 3.8) is 0 Å². The Balaban J connectivity index is 1.44. The van der Waals surface area contributed by atoms with E-state index in [4.69, 9.17) is 0 Å². The van der Waals surface area contributed by atoms with Gasteiger partial charge < -0.3 is 5.32 Å². The van der Waals surface area contributed by atoms with E-state index in [0.717, 1.165) is 19.1 Å². The Bertz CT molecular complexity index is 415. The molecule has 3 rings (SSSR count). The van der Waals surface area contributed by atoms with Crippen LogP contribution in [0.5, 0.6) is 0 Å². The number of hydrogen-bond acceptors (Lipinski definition) is 3. The Morgan fingerprint density at radius 1 is 1.10 bits per heavy atom. The molecule has 3 nitrogen and oxygen atoms in total. The summed E-state index contributed by atoms with van der Waals surface area (Å²) in [7, 11) is 0. The lowest BCUT2D eigenvalue weighted by molar-refractivity contribution is 0.224. The average molecular weight is 273 g/mol. The van der Waals surface area contributed by atoms with Gasteiger partial charge in [-0.25, -0.2) is 0 Å². The van der Waals surface area contributed by atoms with Crippen LogP contribution in [0.4, 0.5) is 5.69 Å². The van der Waals surface area contributed by atoms with Gasteiger partial charge in [-0.05, 0) is 58.0 Å². The maximum atomic E-state index is 3.54. The Kier molecular flexibility index (Phi) is 4.58. The maximum Gasteiger partial charge on any atom is 0.0340 e. The minimum Gasteiger partial charge on any atom is -0.384 e. The van der Waals surface area contributed by atoms with Crippen LogP contribution >= 0.6 is 0 Å². The van der Waals surface area contributed by atoms with Crippen molar-refractivity contribution < 1.29 is 0 Å². The van der Waals surface area contributed by atoms with Crippen molar-refractivity contribution in [3.8, 4) is 0 Å².